The summed E-state index contributed by atoms with van der Waals surface area (Å²) < 4.78 is 5.31. The van der Waals surface area contributed by atoms with Crippen LogP contribution < -0.4 is 4.74 Å². The molecule has 0 saturated heterocycles. The highest BCUT2D eigenvalue weighted by molar-refractivity contribution is 5.79. The van der Waals surface area contributed by atoms with Gasteiger partial charge in [0.15, 0.2) is 0 Å². The Balaban J connectivity index is 2.37. The molecule has 1 aromatic rings. The first-order valence-corrected chi connectivity index (χ1v) is 6.51. The van der Waals surface area contributed by atoms with Crippen molar-refractivity contribution in [2.24, 2.45) is 5.41 Å². The summed E-state index contributed by atoms with van der Waals surface area (Å²) in [6.45, 7) is 4.15. The van der Waals surface area contributed by atoms with Crippen molar-refractivity contribution in [2.45, 2.75) is 38.7 Å². The Bertz CT molecular complexity index is 489. The summed E-state index contributed by atoms with van der Waals surface area (Å²) in [6, 6.07) is 5.58. The molecular formula is C15H20O4. The van der Waals surface area contributed by atoms with E-state index in [0.717, 1.165) is 5.56 Å². The fourth-order valence-corrected chi connectivity index (χ4v) is 2.35. The van der Waals surface area contributed by atoms with Gasteiger partial charge in [-0.3, -0.25) is 4.79 Å². The molecule has 0 aliphatic heterocycles. The minimum Gasteiger partial charge on any atom is -0.496 e. The second-order valence-electron chi connectivity index (χ2n) is 5.52. The number of hydrogen-bond donors (Lipinski definition) is 2. The molecule has 1 aliphatic rings. The van der Waals surface area contributed by atoms with E-state index in [2.05, 4.69) is 13.8 Å². The Morgan fingerprint density at radius 2 is 2.00 bits per heavy atom. The average Bonchev–Trinajstić information content (AvgIpc) is 3.18. The normalized spacial score (nSPS) is 18.2. The van der Waals surface area contributed by atoms with Crippen LogP contribution in [0.5, 0.6) is 5.75 Å². The van der Waals surface area contributed by atoms with Gasteiger partial charge in [0.05, 0.1) is 18.6 Å². The van der Waals surface area contributed by atoms with Gasteiger partial charge in [-0.2, -0.15) is 0 Å². The van der Waals surface area contributed by atoms with E-state index in [0.29, 0.717) is 30.1 Å². The van der Waals surface area contributed by atoms with Crippen LogP contribution in [0.3, 0.4) is 0 Å². The van der Waals surface area contributed by atoms with E-state index in [-0.39, 0.29) is 0 Å². The van der Waals surface area contributed by atoms with Crippen LogP contribution in [0, 0.1) is 5.41 Å². The van der Waals surface area contributed by atoms with Gasteiger partial charge in [0, 0.05) is 5.56 Å². The molecule has 0 heterocycles. The summed E-state index contributed by atoms with van der Waals surface area (Å²) >= 11 is 0. The molecular weight excluding hydrogens is 244 g/mol. The second-order valence-corrected chi connectivity index (χ2v) is 5.52. The zero-order valence-corrected chi connectivity index (χ0v) is 11.5. The zero-order chi connectivity index (χ0) is 14.2. The molecule has 2 N–H and O–H groups in total. The molecule has 0 spiro atoms. The van der Waals surface area contributed by atoms with E-state index in [9.17, 15) is 15.0 Å². The number of rotatable bonds is 5. The minimum atomic E-state index is -1.02. The average molecular weight is 264 g/mol. The number of benzene rings is 1. The van der Waals surface area contributed by atoms with Gasteiger partial charge in [-0.15, -0.1) is 0 Å². The predicted octanol–water partition coefficient (Wildman–Crippen LogP) is 2.72. The lowest BCUT2D eigenvalue weighted by Gasteiger charge is -2.21. The number of aliphatic hydroxyl groups is 1. The van der Waals surface area contributed by atoms with Gasteiger partial charge in [0.2, 0.25) is 0 Å². The van der Waals surface area contributed by atoms with E-state index in [1.54, 1.807) is 6.07 Å². The molecule has 2 rings (SSSR count). The molecule has 0 bridgehead atoms. The molecule has 0 amide bonds. The Labute approximate surface area is 113 Å². The Hall–Kier alpha value is -1.55. The molecule has 4 heteroatoms. The van der Waals surface area contributed by atoms with E-state index in [1.807, 2.05) is 12.1 Å². The predicted molar refractivity (Wildman–Crippen MR) is 71.3 cm³/mol. The van der Waals surface area contributed by atoms with E-state index < -0.39 is 17.5 Å². The van der Waals surface area contributed by atoms with Gasteiger partial charge in [0.25, 0.3) is 0 Å². The van der Waals surface area contributed by atoms with Crippen molar-refractivity contribution in [3.8, 4) is 5.75 Å². The van der Waals surface area contributed by atoms with Crippen molar-refractivity contribution in [3.63, 3.8) is 0 Å². The number of aliphatic hydroxyl groups excluding tert-OH is 1. The highest BCUT2D eigenvalue weighted by atomic mass is 16.5. The van der Waals surface area contributed by atoms with Crippen molar-refractivity contribution in [2.75, 3.05) is 7.11 Å². The van der Waals surface area contributed by atoms with E-state index in [1.165, 1.54) is 7.11 Å². The van der Waals surface area contributed by atoms with Crippen LogP contribution in [-0.4, -0.2) is 23.3 Å². The summed E-state index contributed by atoms with van der Waals surface area (Å²) in [5, 5.41) is 19.6. The number of carboxylic acids is 1. The van der Waals surface area contributed by atoms with Crippen LogP contribution in [0.15, 0.2) is 18.2 Å². The summed E-state index contributed by atoms with van der Waals surface area (Å²) in [5.41, 5.74) is 0.645. The number of aliphatic carboxylic acids is 1. The van der Waals surface area contributed by atoms with Crippen molar-refractivity contribution >= 4 is 5.97 Å². The molecule has 1 fully saturated rings. The molecule has 1 aromatic carbocycles. The van der Waals surface area contributed by atoms with Crippen LogP contribution in [0.25, 0.3) is 0 Å². The fourth-order valence-electron chi connectivity index (χ4n) is 2.35. The maximum absolute atomic E-state index is 11.3. The maximum atomic E-state index is 11.3. The maximum Gasteiger partial charge on any atom is 0.312 e. The first kappa shape index (κ1) is 13.9. The first-order valence-electron chi connectivity index (χ1n) is 6.51. The number of carbonyl (C=O) groups is 1. The molecule has 104 valence electrons. The first-order chi connectivity index (χ1) is 8.92. The van der Waals surface area contributed by atoms with Crippen LogP contribution in [0.1, 0.15) is 49.8 Å². The van der Waals surface area contributed by atoms with Crippen LogP contribution in [-0.2, 0) is 4.79 Å². The molecule has 0 aromatic heterocycles. The van der Waals surface area contributed by atoms with Gasteiger partial charge in [-0.25, -0.2) is 0 Å². The second kappa shape index (κ2) is 4.85. The third-order valence-corrected chi connectivity index (χ3v) is 3.96. The van der Waals surface area contributed by atoms with Crippen LogP contribution in [0.4, 0.5) is 0 Å². The van der Waals surface area contributed by atoms with Gasteiger partial charge in [-0.1, -0.05) is 26.0 Å². The topological polar surface area (TPSA) is 66.8 Å². The van der Waals surface area contributed by atoms with Crippen molar-refractivity contribution < 1.29 is 19.7 Å². The SMILES string of the molecule is COc1cc(C(C)C)ccc1C(O)C1(C(=O)O)CC1. The van der Waals surface area contributed by atoms with Crippen molar-refractivity contribution in [1.82, 2.24) is 0 Å². The number of methoxy groups -OCH3 is 1. The van der Waals surface area contributed by atoms with Gasteiger partial charge >= 0.3 is 5.97 Å². The fraction of sp³-hybridized carbons (Fsp3) is 0.533. The Morgan fingerprint density at radius 3 is 2.42 bits per heavy atom. The van der Waals surface area contributed by atoms with Gasteiger partial charge in [-0.05, 0) is 30.4 Å². The number of hydrogen-bond acceptors (Lipinski definition) is 3. The minimum absolute atomic E-state index is 0.356. The number of carboxylic acid groups (broad SMARTS) is 1. The third kappa shape index (κ3) is 2.32. The molecule has 1 atom stereocenters. The lowest BCUT2D eigenvalue weighted by Crippen LogP contribution is -2.24. The lowest BCUT2D eigenvalue weighted by molar-refractivity contribution is -0.148. The quantitative estimate of drug-likeness (QED) is 0.858. The van der Waals surface area contributed by atoms with Gasteiger partial charge in [0.1, 0.15) is 5.75 Å². The molecule has 1 saturated carbocycles. The molecule has 1 unspecified atom stereocenters. The third-order valence-electron chi connectivity index (χ3n) is 3.96. The Kier molecular flexibility index (Phi) is 3.54. The van der Waals surface area contributed by atoms with Crippen LogP contribution in [0.2, 0.25) is 0 Å². The molecule has 0 radical (unpaired) electrons. The van der Waals surface area contributed by atoms with E-state index >= 15 is 0 Å². The number of ether oxygens (including phenoxy) is 1. The zero-order valence-electron chi connectivity index (χ0n) is 11.5. The lowest BCUT2D eigenvalue weighted by atomic mass is 9.90. The monoisotopic (exact) mass is 264 g/mol. The summed E-state index contributed by atoms with van der Waals surface area (Å²) in [6.07, 6.45) is 0.0122. The molecule has 4 nitrogen and oxygen atoms in total. The van der Waals surface area contributed by atoms with Gasteiger partial charge < -0.3 is 14.9 Å². The highest BCUT2D eigenvalue weighted by Gasteiger charge is 2.57. The Morgan fingerprint density at radius 1 is 1.37 bits per heavy atom. The van der Waals surface area contributed by atoms with E-state index in [4.69, 9.17) is 4.74 Å². The van der Waals surface area contributed by atoms with Crippen molar-refractivity contribution in [3.05, 3.63) is 29.3 Å². The van der Waals surface area contributed by atoms with Crippen LogP contribution >= 0.6 is 0 Å². The largest absolute Gasteiger partial charge is 0.496 e. The summed E-state index contributed by atoms with van der Waals surface area (Å²) in [7, 11) is 1.54. The summed E-state index contributed by atoms with van der Waals surface area (Å²) in [5.74, 6) is -0.0179. The summed E-state index contributed by atoms with van der Waals surface area (Å²) in [4.78, 5) is 11.3. The standard InChI is InChI=1S/C15H20O4/c1-9(2)10-4-5-11(12(8-10)19-3)13(16)15(6-7-15)14(17)18/h4-5,8-9,13,16H,6-7H2,1-3H3,(H,17,18). The van der Waals surface area contributed by atoms with Crippen molar-refractivity contribution in [1.29, 1.82) is 0 Å². The smallest absolute Gasteiger partial charge is 0.312 e. The highest BCUT2D eigenvalue weighted by Crippen LogP contribution is 2.56. The molecule has 19 heavy (non-hydrogen) atoms. The molecule has 1 aliphatic carbocycles.